The lowest BCUT2D eigenvalue weighted by Crippen LogP contribution is -2.39. The summed E-state index contributed by atoms with van der Waals surface area (Å²) in [5.41, 5.74) is 5.49. The van der Waals surface area contributed by atoms with Crippen LogP contribution in [0.3, 0.4) is 0 Å². The molecule has 6 rings (SSSR count). The Morgan fingerprint density at radius 3 is 2.23 bits per heavy atom. The summed E-state index contributed by atoms with van der Waals surface area (Å²) in [6, 6.07) is 18.1. The molecule has 0 N–H and O–H groups in total. The Labute approximate surface area is 234 Å². The number of hydrogen-bond donors (Lipinski definition) is 0. The number of allylic oxidation sites excluding steroid dienone is 4. The van der Waals surface area contributed by atoms with E-state index < -0.39 is 5.92 Å². The Morgan fingerprint density at radius 2 is 1.56 bits per heavy atom. The molecule has 39 heavy (non-hydrogen) atoms. The number of carbonyl (C=O) groups is 2. The number of rotatable bonds is 6. The van der Waals surface area contributed by atoms with Crippen LogP contribution in [0.2, 0.25) is 5.02 Å². The molecule has 3 aromatic carbocycles. The molecule has 0 atom stereocenters. The molecule has 0 fully saturated rings. The Bertz CT molecular complexity index is 1500. The van der Waals surface area contributed by atoms with Gasteiger partial charge in [-0.3, -0.25) is 9.59 Å². The third-order valence-electron chi connectivity index (χ3n) is 8.24. The number of benzene rings is 3. The Balaban J connectivity index is 1.42. The van der Waals surface area contributed by atoms with Gasteiger partial charge in [0.1, 0.15) is 6.61 Å². The van der Waals surface area contributed by atoms with E-state index in [4.69, 9.17) is 21.1 Å². The molecule has 2 aliphatic carbocycles. The number of carbonyl (C=O) groups excluding carboxylic acids is 2. The van der Waals surface area contributed by atoms with Crippen molar-refractivity contribution in [2.75, 3.05) is 13.7 Å². The van der Waals surface area contributed by atoms with Crippen LogP contribution in [0.4, 0.5) is 0 Å². The van der Waals surface area contributed by atoms with Gasteiger partial charge in [-0.1, -0.05) is 54.1 Å². The van der Waals surface area contributed by atoms with Crippen molar-refractivity contribution in [1.82, 2.24) is 4.90 Å². The lowest BCUT2D eigenvalue weighted by Gasteiger charge is -2.43. The summed E-state index contributed by atoms with van der Waals surface area (Å²) < 4.78 is 12.0. The van der Waals surface area contributed by atoms with Gasteiger partial charge in [0.05, 0.1) is 12.1 Å². The van der Waals surface area contributed by atoms with E-state index in [1.54, 1.807) is 7.11 Å². The van der Waals surface area contributed by atoms with Gasteiger partial charge in [0.2, 0.25) is 0 Å². The zero-order valence-electron chi connectivity index (χ0n) is 22.4. The molecule has 3 aliphatic rings. The highest BCUT2D eigenvalue weighted by Crippen LogP contribution is 2.51. The standard InChI is InChI=1S/C33H32ClNO4/c1-3-35-25-13-7-15-27(36)31(25)30(32-26(35)14-8-16-28(32)37)22-17-24(34)33(29(18-22)38-2)39-19-21-11-6-10-20-9-4-5-12-23(20)21/h4-6,9-12,17-18,30H,3,7-8,13-16,19H2,1-2H3. The molecule has 0 amide bonds. The number of halogens is 1. The smallest absolute Gasteiger partial charge is 0.180 e. The van der Waals surface area contributed by atoms with Crippen LogP contribution in [0.5, 0.6) is 11.5 Å². The van der Waals surface area contributed by atoms with Crippen molar-refractivity contribution in [2.45, 2.75) is 58.0 Å². The molecule has 1 aliphatic heterocycles. The molecule has 0 saturated carbocycles. The molecule has 6 heteroatoms. The second-order valence-electron chi connectivity index (χ2n) is 10.4. The van der Waals surface area contributed by atoms with Gasteiger partial charge in [0, 0.05) is 47.8 Å². The van der Waals surface area contributed by atoms with E-state index in [2.05, 4.69) is 30.0 Å². The van der Waals surface area contributed by atoms with Crippen LogP contribution in [0.1, 0.15) is 62.5 Å². The number of nitrogens with zero attached hydrogens (tertiary/aromatic N) is 1. The summed E-state index contributed by atoms with van der Waals surface area (Å²) >= 11 is 6.88. The maximum atomic E-state index is 13.4. The first-order chi connectivity index (χ1) is 19.0. The van der Waals surface area contributed by atoms with Gasteiger partial charge >= 0.3 is 0 Å². The van der Waals surface area contributed by atoms with Gasteiger partial charge in [-0.25, -0.2) is 0 Å². The lowest BCUT2D eigenvalue weighted by molar-refractivity contribution is -0.117. The average molecular weight is 542 g/mol. The predicted molar refractivity (Wildman–Crippen MR) is 153 cm³/mol. The van der Waals surface area contributed by atoms with E-state index >= 15 is 0 Å². The van der Waals surface area contributed by atoms with Crippen LogP contribution in [-0.4, -0.2) is 30.1 Å². The minimum Gasteiger partial charge on any atom is -0.493 e. The molecule has 0 spiro atoms. The van der Waals surface area contributed by atoms with Crippen molar-refractivity contribution in [3.8, 4) is 11.5 Å². The van der Waals surface area contributed by atoms with E-state index in [0.29, 0.717) is 36.0 Å². The van der Waals surface area contributed by atoms with Gasteiger partial charge in [-0.05, 0) is 66.6 Å². The van der Waals surface area contributed by atoms with Gasteiger partial charge in [-0.2, -0.15) is 0 Å². The highest BCUT2D eigenvalue weighted by atomic mass is 35.5. The SMILES string of the molecule is CCN1C2=C(C(=O)CCC2)C(c2cc(Cl)c(OCc3cccc4ccccc34)c(OC)c2)C2=C1CCCC2=O. The van der Waals surface area contributed by atoms with Crippen LogP contribution >= 0.6 is 11.6 Å². The topological polar surface area (TPSA) is 55.8 Å². The van der Waals surface area contributed by atoms with Crippen molar-refractivity contribution in [1.29, 1.82) is 0 Å². The summed E-state index contributed by atoms with van der Waals surface area (Å²) in [6.07, 6.45) is 4.35. The maximum absolute atomic E-state index is 13.4. The molecular formula is C33H32ClNO4. The van der Waals surface area contributed by atoms with Crippen molar-refractivity contribution in [3.05, 3.63) is 93.3 Å². The van der Waals surface area contributed by atoms with Crippen molar-refractivity contribution in [3.63, 3.8) is 0 Å². The second-order valence-corrected chi connectivity index (χ2v) is 10.8. The Morgan fingerprint density at radius 1 is 0.897 bits per heavy atom. The predicted octanol–water partition coefficient (Wildman–Crippen LogP) is 7.51. The van der Waals surface area contributed by atoms with Crippen LogP contribution < -0.4 is 9.47 Å². The molecule has 0 radical (unpaired) electrons. The molecule has 0 saturated heterocycles. The summed E-state index contributed by atoms with van der Waals surface area (Å²) in [7, 11) is 1.59. The highest BCUT2D eigenvalue weighted by Gasteiger charge is 2.43. The van der Waals surface area contributed by atoms with Gasteiger partial charge < -0.3 is 14.4 Å². The van der Waals surface area contributed by atoms with Crippen molar-refractivity contribution >= 4 is 33.9 Å². The van der Waals surface area contributed by atoms with E-state index in [9.17, 15) is 9.59 Å². The normalized spacial score (nSPS) is 18.0. The molecule has 0 bridgehead atoms. The first kappa shape index (κ1) is 25.7. The first-order valence-electron chi connectivity index (χ1n) is 13.8. The van der Waals surface area contributed by atoms with Crippen LogP contribution in [0.25, 0.3) is 10.8 Å². The number of fused-ring (bicyclic) bond motifs is 1. The fourth-order valence-electron chi connectivity index (χ4n) is 6.55. The second kappa shape index (κ2) is 10.5. The molecule has 3 aromatic rings. The van der Waals surface area contributed by atoms with Crippen molar-refractivity contribution < 1.29 is 19.1 Å². The van der Waals surface area contributed by atoms with E-state index in [-0.39, 0.29) is 11.6 Å². The van der Waals surface area contributed by atoms with Gasteiger partial charge in [-0.15, -0.1) is 0 Å². The largest absolute Gasteiger partial charge is 0.493 e. The summed E-state index contributed by atoms with van der Waals surface area (Å²) in [6.45, 7) is 3.17. The summed E-state index contributed by atoms with van der Waals surface area (Å²) in [5, 5.41) is 2.67. The van der Waals surface area contributed by atoms with E-state index in [1.807, 2.05) is 36.4 Å². The summed E-state index contributed by atoms with van der Waals surface area (Å²) in [4.78, 5) is 29.1. The number of ether oxygens (including phenoxy) is 2. The third kappa shape index (κ3) is 4.43. The monoisotopic (exact) mass is 541 g/mol. The van der Waals surface area contributed by atoms with Crippen LogP contribution in [-0.2, 0) is 16.2 Å². The highest BCUT2D eigenvalue weighted by molar-refractivity contribution is 6.32. The van der Waals surface area contributed by atoms with E-state index in [0.717, 1.165) is 76.7 Å². The van der Waals surface area contributed by atoms with E-state index in [1.165, 1.54) is 0 Å². The number of hydrogen-bond acceptors (Lipinski definition) is 5. The van der Waals surface area contributed by atoms with Crippen LogP contribution in [0, 0.1) is 0 Å². The Kier molecular flexibility index (Phi) is 6.94. The number of Topliss-reactive ketones (excluding diaryl/α,β-unsaturated/α-hetero) is 2. The minimum atomic E-state index is -0.433. The first-order valence-corrected chi connectivity index (χ1v) is 14.2. The zero-order valence-corrected chi connectivity index (χ0v) is 23.1. The minimum absolute atomic E-state index is 0.121. The molecule has 0 unspecified atom stereocenters. The third-order valence-corrected chi connectivity index (χ3v) is 8.52. The molecule has 5 nitrogen and oxygen atoms in total. The molecule has 1 heterocycles. The average Bonchev–Trinajstić information content (AvgIpc) is 2.95. The number of methoxy groups -OCH3 is 1. The maximum Gasteiger partial charge on any atom is 0.180 e. The van der Waals surface area contributed by atoms with Crippen LogP contribution in [0.15, 0.2) is 77.1 Å². The van der Waals surface area contributed by atoms with Gasteiger partial charge in [0.25, 0.3) is 0 Å². The summed E-state index contributed by atoms with van der Waals surface area (Å²) in [5.74, 6) is 0.755. The van der Waals surface area contributed by atoms with Gasteiger partial charge in [0.15, 0.2) is 23.1 Å². The quantitative estimate of drug-likeness (QED) is 0.323. The zero-order chi connectivity index (χ0) is 27.1. The lowest BCUT2D eigenvalue weighted by atomic mass is 9.71. The molecule has 0 aromatic heterocycles. The Hall–Kier alpha value is -3.57. The van der Waals surface area contributed by atoms with Crippen molar-refractivity contribution in [2.24, 2.45) is 0 Å². The molecular weight excluding hydrogens is 510 g/mol. The molecule has 200 valence electrons. The number of ketones is 2. The fraction of sp³-hybridized carbons (Fsp3) is 0.333. The fourth-order valence-corrected chi connectivity index (χ4v) is 6.82.